The van der Waals surface area contributed by atoms with Crippen molar-refractivity contribution in [3.05, 3.63) is 29.3 Å². The number of carbonyl (C=O) groups is 2. The first-order valence-corrected chi connectivity index (χ1v) is 8.16. The van der Waals surface area contributed by atoms with Gasteiger partial charge in [-0.1, -0.05) is 0 Å². The molecule has 0 aliphatic heterocycles. The summed E-state index contributed by atoms with van der Waals surface area (Å²) < 4.78 is 39.7. The predicted octanol–water partition coefficient (Wildman–Crippen LogP) is 2.55. The molecule has 1 aliphatic carbocycles. The van der Waals surface area contributed by atoms with Crippen molar-refractivity contribution in [3.63, 3.8) is 0 Å². The van der Waals surface area contributed by atoms with E-state index in [9.17, 15) is 22.8 Å². The Kier molecular flexibility index (Phi) is 6.30. The van der Waals surface area contributed by atoms with Gasteiger partial charge in [-0.15, -0.1) is 0 Å². The zero-order valence-corrected chi connectivity index (χ0v) is 13.9. The molecule has 1 aromatic rings. The van der Waals surface area contributed by atoms with Crippen molar-refractivity contribution in [2.45, 2.75) is 37.9 Å². The van der Waals surface area contributed by atoms with Gasteiger partial charge in [0.1, 0.15) is 0 Å². The van der Waals surface area contributed by atoms with Crippen LogP contribution in [0.3, 0.4) is 0 Å². The molecule has 0 heterocycles. The van der Waals surface area contributed by atoms with Crippen LogP contribution in [0.1, 0.15) is 41.6 Å². The molecule has 0 atom stereocenters. The van der Waals surface area contributed by atoms with Crippen molar-refractivity contribution in [1.82, 2.24) is 10.7 Å². The Bertz CT molecular complexity index is 659. The number of hydrogen-bond acceptors (Lipinski definition) is 4. The molecule has 0 saturated heterocycles. The number of hydrazine groups is 1. The van der Waals surface area contributed by atoms with Gasteiger partial charge in [0.05, 0.1) is 5.56 Å². The van der Waals surface area contributed by atoms with Crippen LogP contribution in [0.2, 0.25) is 0 Å². The average Bonchev–Trinajstić information content (AvgIpc) is 2.59. The summed E-state index contributed by atoms with van der Waals surface area (Å²) >= 11 is 0. The van der Waals surface area contributed by atoms with Gasteiger partial charge in [-0.2, -0.15) is 13.2 Å². The first kappa shape index (κ1) is 19.8. The third-order valence-corrected chi connectivity index (χ3v) is 4.47. The zero-order valence-electron chi connectivity index (χ0n) is 13.9. The summed E-state index contributed by atoms with van der Waals surface area (Å²) in [6.07, 6.45) is -3.03. The minimum absolute atomic E-state index is 0.0299. The van der Waals surface area contributed by atoms with Crippen LogP contribution in [0.5, 0.6) is 0 Å². The lowest BCUT2D eigenvalue weighted by Gasteiger charge is -2.30. The molecule has 6 N–H and O–H groups in total. The van der Waals surface area contributed by atoms with Gasteiger partial charge in [0.2, 0.25) is 0 Å². The molecule has 0 aromatic heterocycles. The van der Waals surface area contributed by atoms with Gasteiger partial charge >= 0.3 is 12.3 Å². The lowest BCUT2D eigenvalue weighted by molar-refractivity contribution is -0.137. The number of rotatable bonds is 5. The third-order valence-electron chi connectivity index (χ3n) is 4.47. The molecule has 1 saturated carbocycles. The number of carboxylic acid groups (broad SMARTS) is 1. The number of benzene rings is 1. The predicted molar refractivity (Wildman–Crippen MR) is 88.5 cm³/mol. The van der Waals surface area contributed by atoms with E-state index in [-0.39, 0.29) is 23.2 Å². The van der Waals surface area contributed by atoms with Crippen LogP contribution in [0.25, 0.3) is 0 Å². The summed E-state index contributed by atoms with van der Waals surface area (Å²) in [5.74, 6) is 4.53. The maximum atomic E-state index is 13.2. The van der Waals surface area contributed by atoms with E-state index in [1.54, 1.807) is 0 Å². The SMILES string of the molecule is NNC(=O)c1ccc(C(F)(F)F)c(N[C@H]2CC[C@H](CNC(=O)O)CC2)c1. The molecular formula is C16H21F3N4O3. The fourth-order valence-corrected chi connectivity index (χ4v) is 3.10. The normalized spacial score (nSPS) is 20.3. The number of carbonyl (C=O) groups excluding carboxylic acids is 1. The quantitative estimate of drug-likeness (QED) is 0.309. The van der Waals surface area contributed by atoms with Gasteiger partial charge in [0, 0.05) is 23.8 Å². The molecular weight excluding hydrogens is 353 g/mol. The molecule has 1 aromatic carbocycles. The molecule has 0 spiro atoms. The van der Waals surface area contributed by atoms with Crippen LogP contribution in [-0.4, -0.2) is 29.7 Å². The topological polar surface area (TPSA) is 116 Å². The van der Waals surface area contributed by atoms with Gasteiger partial charge in [-0.25, -0.2) is 10.6 Å². The third kappa shape index (κ3) is 5.25. The smallest absolute Gasteiger partial charge is 0.418 e. The van der Waals surface area contributed by atoms with Crippen molar-refractivity contribution in [2.75, 3.05) is 11.9 Å². The molecule has 1 fully saturated rings. The molecule has 26 heavy (non-hydrogen) atoms. The number of halogens is 3. The lowest BCUT2D eigenvalue weighted by atomic mass is 9.85. The Morgan fingerprint density at radius 2 is 1.85 bits per heavy atom. The van der Waals surface area contributed by atoms with Gasteiger partial charge in [0.25, 0.3) is 5.91 Å². The van der Waals surface area contributed by atoms with Crippen LogP contribution in [0.15, 0.2) is 18.2 Å². The molecule has 7 nitrogen and oxygen atoms in total. The number of nitrogens with one attached hydrogen (secondary N) is 3. The Balaban J connectivity index is 2.08. The molecule has 1 aliphatic rings. The van der Waals surface area contributed by atoms with E-state index in [4.69, 9.17) is 10.9 Å². The van der Waals surface area contributed by atoms with E-state index in [2.05, 4.69) is 10.6 Å². The average molecular weight is 374 g/mol. The maximum absolute atomic E-state index is 13.2. The standard InChI is InChI=1S/C16H21F3N4O3/c17-16(18,19)12-6-3-10(14(24)23-20)7-13(12)22-11-4-1-9(2-5-11)8-21-15(25)26/h3,6-7,9,11,21-22H,1-2,4-5,8,20H2,(H,23,24)(H,25,26)/t9-,11-. The number of anilines is 1. The number of nitrogens with two attached hydrogens (primary N) is 1. The number of hydrogen-bond donors (Lipinski definition) is 5. The van der Waals surface area contributed by atoms with Crippen molar-refractivity contribution in [2.24, 2.45) is 11.8 Å². The van der Waals surface area contributed by atoms with E-state index in [1.807, 2.05) is 5.43 Å². The molecule has 0 unspecified atom stereocenters. The van der Waals surface area contributed by atoms with E-state index in [1.165, 1.54) is 0 Å². The molecule has 2 rings (SSSR count). The second-order valence-corrected chi connectivity index (χ2v) is 6.28. The first-order valence-electron chi connectivity index (χ1n) is 8.16. The van der Waals surface area contributed by atoms with Crippen LogP contribution in [-0.2, 0) is 6.18 Å². The summed E-state index contributed by atoms with van der Waals surface area (Å²) in [7, 11) is 0. The van der Waals surface area contributed by atoms with Crippen LogP contribution in [0, 0.1) is 5.92 Å². The highest BCUT2D eigenvalue weighted by Crippen LogP contribution is 2.37. The van der Waals surface area contributed by atoms with E-state index >= 15 is 0 Å². The Morgan fingerprint density at radius 3 is 2.38 bits per heavy atom. The van der Waals surface area contributed by atoms with Gasteiger partial charge in [-0.05, 0) is 49.8 Å². The zero-order chi connectivity index (χ0) is 19.3. The monoisotopic (exact) mass is 374 g/mol. The summed E-state index contributed by atoms with van der Waals surface area (Å²) in [6, 6.07) is 2.89. The number of nitrogen functional groups attached to an aromatic ring is 1. The van der Waals surface area contributed by atoms with E-state index in [0.29, 0.717) is 32.2 Å². The van der Waals surface area contributed by atoms with Crippen molar-refractivity contribution < 1.29 is 27.9 Å². The molecule has 0 bridgehead atoms. The second kappa shape index (κ2) is 8.26. The summed E-state index contributed by atoms with van der Waals surface area (Å²) in [5, 5.41) is 13.8. The Morgan fingerprint density at radius 1 is 1.19 bits per heavy atom. The van der Waals surface area contributed by atoms with E-state index < -0.39 is 23.7 Å². The van der Waals surface area contributed by atoms with E-state index in [0.717, 1.165) is 18.2 Å². The van der Waals surface area contributed by atoms with Crippen LogP contribution < -0.4 is 21.9 Å². The largest absolute Gasteiger partial charge is 0.465 e. The molecule has 2 amide bonds. The summed E-state index contributed by atoms with van der Waals surface area (Å²) in [4.78, 5) is 22.1. The van der Waals surface area contributed by atoms with Crippen molar-refractivity contribution in [1.29, 1.82) is 0 Å². The minimum atomic E-state index is -4.55. The second-order valence-electron chi connectivity index (χ2n) is 6.28. The Hall–Kier alpha value is -2.49. The van der Waals surface area contributed by atoms with Gasteiger partial charge in [-0.3, -0.25) is 10.2 Å². The highest BCUT2D eigenvalue weighted by atomic mass is 19.4. The summed E-state index contributed by atoms with van der Waals surface area (Å²) in [5.41, 5.74) is 0.918. The maximum Gasteiger partial charge on any atom is 0.418 e. The number of amides is 2. The lowest BCUT2D eigenvalue weighted by Crippen LogP contribution is -2.33. The van der Waals surface area contributed by atoms with Gasteiger partial charge in [0.15, 0.2) is 0 Å². The molecule has 0 radical (unpaired) electrons. The highest BCUT2D eigenvalue weighted by molar-refractivity contribution is 5.95. The fraction of sp³-hybridized carbons (Fsp3) is 0.500. The van der Waals surface area contributed by atoms with Gasteiger partial charge < -0.3 is 15.7 Å². The highest BCUT2D eigenvalue weighted by Gasteiger charge is 2.34. The number of alkyl halides is 3. The first-order chi connectivity index (χ1) is 12.2. The molecule has 10 heteroatoms. The van der Waals surface area contributed by atoms with Crippen molar-refractivity contribution in [3.8, 4) is 0 Å². The molecule has 144 valence electrons. The Labute approximate surface area is 148 Å². The van der Waals surface area contributed by atoms with Crippen molar-refractivity contribution >= 4 is 17.7 Å². The van der Waals surface area contributed by atoms with Crippen LogP contribution in [0.4, 0.5) is 23.7 Å². The fourth-order valence-electron chi connectivity index (χ4n) is 3.10. The van der Waals surface area contributed by atoms with Crippen LogP contribution >= 0.6 is 0 Å². The summed E-state index contributed by atoms with van der Waals surface area (Å²) in [6.45, 7) is 0.335. The minimum Gasteiger partial charge on any atom is -0.465 e.